The van der Waals surface area contributed by atoms with Crippen LogP contribution in [0.4, 0.5) is 18.9 Å². The summed E-state index contributed by atoms with van der Waals surface area (Å²) in [5.74, 6) is 0. The van der Waals surface area contributed by atoms with Gasteiger partial charge in [0.05, 0.1) is 16.8 Å². The van der Waals surface area contributed by atoms with Crippen LogP contribution in [0.5, 0.6) is 0 Å². The van der Waals surface area contributed by atoms with Crippen molar-refractivity contribution < 1.29 is 21.6 Å². The fraction of sp³-hybridized carbons (Fsp3) is 0.0833. The maximum atomic E-state index is 12.3. The highest BCUT2D eigenvalue weighted by molar-refractivity contribution is 7.92. The largest absolute Gasteiger partial charge is 0.433 e. The number of benzene rings is 1. The summed E-state index contributed by atoms with van der Waals surface area (Å²) in [5, 5.41) is 0. The Kier molecular flexibility index (Phi) is 3.67. The van der Waals surface area contributed by atoms with Crippen LogP contribution in [0.25, 0.3) is 0 Å². The van der Waals surface area contributed by atoms with Crippen molar-refractivity contribution in [2.75, 3.05) is 4.72 Å². The molecule has 0 amide bonds. The minimum Gasteiger partial charge on any atom is -0.278 e. The Morgan fingerprint density at radius 1 is 1.00 bits per heavy atom. The van der Waals surface area contributed by atoms with E-state index in [-0.39, 0.29) is 10.6 Å². The van der Waals surface area contributed by atoms with Gasteiger partial charge in [-0.15, -0.1) is 0 Å². The molecule has 2 aromatic rings. The molecule has 4 nitrogen and oxygen atoms in total. The Morgan fingerprint density at radius 3 is 2.15 bits per heavy atom. The van der Waals surface area contributed by atoms with Crippen LogP contribution in [0.3, 0.4) is 0 Å². The molecule has 0 aliphatic heterocycles. The van der Waals surface area contributed by atoms with Gasteiger partial charge in [0.15, 0.2) is 0 Å². The van der Waals surface area contributed by atoms with Crippen LogP contribution in [-0.2, 0) is 16.2 Å². The minimum atomic E-state index is -4.56. The molecule has 0 saturated heterocycles. The highest BCUT2D eigenvalue weighted by Gasteiger charge is 2.32. The lowest BCUT2D eigenvalue weighted by atomic mass is 10.3. The van der Waals surface area contributed by atoms with Crippen LogP contribution in [0, 0.1) is 0 Å². The van der Waals surface area contributed by atoms with E-state index in [1.807, 2.05) is 0 Å². The van der Waals surface area contributed by atoms with Crippen LogP contribution in [-0.4, -0.2) is 13.4 Å². The SMILES string of the molecule is O=S(=O)(Nc1ccc(C(F)(F)F)nc1)c1ccccc1. The molecule has 106 valence electrons. The number of aromatic nitrogens is 1. The third kappa shape index (κ3) is 3.27. The van der Waals surface area contributed by atoms with Crippen LogP contribution in [0.1, 0.15) is 5.69 Å². The van der Waals surface area contributed by atoms with E-state index in [0.717, 1.165) is 12.3 Å². The molecule has 2 rings (SSSR count). The number of hydrogen-bond donors (Lipinski definition) is 1. The van der Waals surface area contributed by atoms with Crippen molar-refractivity contribution in [1.82, 2.24) is 4.98 Å². The standard InChI is InChI=1S/C12H9F3N2O2S/c13-12(14,15)11-7-6-9(8-16-11)17-20(18,19)10-4-2-1-3-5-10/h1-8,17H. The average Bonchev–Trinajstić information content (AvgIpc) is 2.39. The fourth-order valence-corrected chi connectivity index (χ4v) is 2.50. The number of pyridine rings is 1. The number of sulfonamides is 1. The molecular weight excluding hydrogens is 293 g/mol. The highest BCUT2D eigenvalue weighted by Crippen LogP contribution is 2.28. The number of nitrogens with one attached hydrogen (secondary N) is 1. The first-order valence-electron chi connectivity index (χ1n) is 5.40. The molecule has 0 aliphatic carbocycles. The third-order valence-corrected chi connectivity index (χ3v) is 3.76. The highest BCUT2D eigenvalue weighted by atomic mass is 32.2. The second kappa shape index (κ2) is 5.12. The number of nitrogens with zero attached hydrogens (tertiary/aromatic N) is 1. The maximum absolute atomic E-state index is 12.3. The van der Waals surface area contributed by atoms with Gasteiger partial charge in [0.2, 0.25) is 0 Å². The Hall–Kier alpha value is -2.09. The van der Waals surface area contributed by atoms with Gasteiger partial charge >= 0.3 is 6.18 Å². The maximum Gasteiger partial charge on any atom is 0.433 e. The fourth-order valence-electron chi connectivity index (χ4n) is 1.44. The second-order valence-electron chi connectivity index (χ2n) is 3.85. The summed E-state index contributed by atoms with van der Waals surface area (Å²) in [7, 11) is -3.83. The van der Waals surface area contributed by atoms with Gasteiger partial charge in [-0.1, -0.05) is 18.2 Å². The molecule has 0 fully saturated rings. The van der Waals surface area contributed by atoms with E-state index in [9.17, 15) is 21.6 Å². The van der Waals surface area contributed by atoms with Gasteiger partial charge in [0.1, 0.15) is 5.69 Å². The van der Waals surface area contributed by atoms with Crippen LogP contribution in [0.15, 0.2) is 53.6 Å². The van der Waals surface area contributed by atoms with Crippen LogP contribution in [0.2, 0.25) is 0 Å². The van der Waals surface area contributed by atoms with Crippen molar-refractivity contribution in [2.45, 2.75) is 11.1 Å². The van der Waals surface area contributed by atoms with E-state index < -0.39 is 21.9 Å². The van der Waals surface area contributed by atoms with Crippen molar-refractivity contribution in [3.8, 4) is 0 Å². The van der Waals surface area contributed by atoms with Crippen molar-refractivity contribution in [2.24, 2.45) is 0 Å². The average molecular weight is 302 g/mol. The molecule has 0 spiro atoms. The second-order valence-corrected chi connectivity index (χ2v) is 5.53. The van der Waals surface area contributed by atoms with Crippen molar-refractivity contribution >= 4 is 15.7 Å². The smallest absolute Gasteiger partial charge is 0.278 e. The zero-order chi connectivity index (χ0) is 14.8. The number of anilines is 1. The van der Waals surface area contributed by atoms with E-state index >= 15 is 0 Å². The molecule has 1 heterocycles. The number of rotatable bonds is 3. The summed E-state index contributed by atoms with van der Waals surface area (Å²) < 4.78 is 63.0. The van der Waals surface area contributed by atoms with Gasteiger partial charge in [-0.3, -0.25) is 4.72 Å². The Labute approximate surface area is 113 Å². The molecular formula is C12H9F3N2O2S. The van der Waals surface area contributed by atoms with E-state index in [0.29, 0.717) is 6.07 Å². The summed E-state index contributed by atoms with van der Waals surface area (Å²) in [6.07, 6.45) is -3.74. The van der Waals surface area contributed by atoms with Gasteiger partial charge in [-0.2, -0.15) is 13.2 Å². The third-order valence-electron chi connectivity index (χ3n) is 2.36. The summed E-state index contributed by atoms with van der Waals surface area (Å²) >= 11 is 0. The summed E-state index contributed by atoms with van der Waals surface area (Å²) in [5.41, 5.74) is -1.12. The molecule has 8 heteroatoms. The van der Waals surface area contributed by atoms with Gasteiger partial charge in [0, 0.05) is 0 Å². The number of hydrogen-bond acceptors (Lipinski definition) is 3. The molecule has 0 saturated carbocycles. The molecule has 1 aromatic heterocycles. The summed E-state index contributed by atoms with van der Waals surface area (Å²) in [6.45, 7) is 0. The zero-order valence-electron chi connectivity index (χ0n) is 9.92. The first-order chi connectivity index (χ1) is 9.29. The van der Waals surface area contributed by atoms with Gasteiger partial charge < -0.3 is 0 Å². The van der Waals surface area contributed by atoms with Crippen molar-refractivity contribution in [1.29, 1.82) is 0 Å². The normalized spacial score (nSPS) is 12.2. The van der Waals surface area contributed by atoms with Gasteiger partial charge in [0.25, 0.3) is 10.0 Å². The topological polar surface area (TPSA) is 59.1 Å². The predicted molar refractivity (Wildman–Crippen MR) is 66.5 cm³/mol. The molecule has 0 radical (unpaired) electrons. The zero-order valence-corrected chi connectivity index (χ0v) is 10.7. The lowest BCUT2D eigenvalue weighted by Crippen LogP contribution is -2.14. The quantitative estimate of drug-likeness (QED) is 0.948. The number of alkyl halides is 3. The predicted octanol–water partition coefficient (Wildman–Crippen LogP) is 2.90. The van der Waals surface area contributed by atoms with E-state index in [4.69, 9.17) is 0 Å². The Morgan fingerprint density at radius 2 is 1.65 bits per heavy atom. The molecule has 1 N–H and O–H groups in total. The molecule has 0 atom stereocenters. The molecule has 20 heavy (non-hydrogen) atoms. The summed E-state index contributed by atoms with van der Waals surface area (Å²) in [4.78, 5) is 3.19. The Bertz CT molecular complexity index is 683. The van der Waals surface area contributed by atoms with E-state index in [2.05, 4.69) is 9.71 Å². The molecule has 0 aliphatic rings. The monoisotopic (exact) mass is 302 g/mol. The minimum absolute atomic E-state index is 0.0138. The van der Waals surface area contributed by atoms with Gasteiger partial charge in [-0.25, -0.2) is 13.4 Å². The van der Waals surface area contributed by atoms with Crippen molar-refractivity contribution in [3.05, 3.63) is 54.4 Å². The Balaban J connectivity index is 2.23. The molecule has 0 unspecified atom stereocenters. The van der Waals surface area contributed by atoms with Crippen molar-refractivity contribution in [3.63, 3.8) is 0 Å². The summed E-state index contributed by atoms with van der Waals surface area (Å²) in [6, 6.07) is 9.21. The van der Waals surface area contributed by atoms with Gasteiger partial charge in [-0.05, 0) is 24.3 Å². The lowest BCUT2D eigenvalue weighted by Gasteiger charge is -2.09. The first kappa shape index (κ1) is 14.3. The molecule has 0 bridgehead atoms. The number of halogens is 3. The van der Waals surface area contributed by atoms with E-state index in [1.165, 1.54) is 12.1 Å². The first-order valence-corrected chi connectivity index (χ1v) is 6.88. The van der Waals surface area contributed by atoms with Crippen LogP contribution >= 0.6 is 0 Å². The molecule has 1 aromatic carbocycles. The van der Waals surface area contributed by atoms with Crippen LogP contribution < -0.4 is 4.72 Å². The lowest BCUT2D eigenvalue weighted by molar-refractivity contribution is -0.141. The van der Waals surface area contributed by atoms with E-state index in [1.54, 1.807) is 18.2 Å².